The number of H-pyrrole nitrogens is 1. The van der Waals surface area contributed by atoms with Crippen LogP contribution in [0.3, 0.4) is 0 Å². The summed E-state index contributed by atoms with van der Waals surface area (Å²) in [5, 5.41) is 3.74. The second-order valence-electron chi connectivity index (χ2n) is 3.84. The number of nitrogens with zero attached hydrogens (tertiary/aromatic N) is 2. The van der Waals surface area contributed by atoms with E-state index in [-0.39, 0.29) is 11.5 Å². The minimum Gasteiger partial charge on any atom is -0.369 e. The van der Waals surface area contributed by atoms with Crippen molar-refractivity contribution >= 4 is 17.0 Å². The van der Waals surface area contributed by atoms with E-state index in [1.807, 2.05) is 6.07 Å². The number of aromatic nitrogens is 3. The van der Waals surface area contributed by atoms with E-state index in [1.165, 1.54) is 0 Å². The highest BCUT2D eigenvalue weighted by molar-refractivity contribution is 5.75. The topological polar surface area (TPSA) is 96.7 Å². The van der Waals surface area contributed by atoms with Crippen molar-refractivity contribution in [3.63, 3.8) is 0 Å². The fourth-order valence-electron chi connectivity index (χ4n) is 1.96. The normalized spacial score (nSPS) is 15.0. The van der Waals surface area contributed by atoms with Gasteiger partial charge in [0.15, 0.2) is 5.65 Å². The number of fused-ring (bicyclic) bond motifs is 2. The molecule has 0 radical (unpaired) electrons. The van der Waals surface area contributed by atoms with E-state index in [4.69, 9.17) is 5.73 Å². The minimum atomic E-state index is -0.226. The van der Waals surface area contributed by atoms with Crippen molar-refractivity contribution in [2.45, 2.75) is 13.0 Å². The molecule has 0 atom stereocenters. The van der Waals surface area contributed by atoms with Crippen molar-refractivity contribution in [3.05, 3.63) is 27.7 Å². The smallest absolute Gasteiger partial charge is 0.261 e. The minimum absolute atomic E-state index is 0.105. The summed E-state index contributed by atoms with van der Waals surface area (Å²) in [6, 6.07) is 1.86. The van der Waals surface area contributed by atoms with Crippen molar-refractivity contribution in [1.82, 2.24) is 20.3 Å². The van der Waals surface area contributed by atoms with Gasteiger partial charge < -0.3 is 11.1 Å². The highest BCUT2D eigenvalue weighted by atomic mass is 16.1. The summed E-state index contributed by atoms with van der Waals surface area (Å²) >= 11 is 0. The van der Waals surface area contributed by atoms with Crippen LogP contribution in [0.2, 0.25) is 0 Å². The van der Waals surface area contributed by atoms with Gasteiger partial charge in [-0.25, -0.2) is 4.98 Å². The third-order valence-corrected chi connectivity index (χ3v) is 2.75. The Morgan fingerprint density at radius 1 is 1.38 bits per heavy atom. The molecule has 0 fully saturated rings. The number of rotatable bonds is 0. The zero-order valence-corrected chi connectivity index (χ0v) is 8.58. The predicted octanol–water partition coefficient (Wildman–Crippen LogP) is -0.454. The van der Waals surface area contributed by atoms with Gasteiger partial charge in [0.2, 0.25) is 5.95 Å². The number of pyridine rings is 1. The average Bonchev–Trinajstić information content (AvgIpc) is 2.27. The second kappa shape index (κ2) is 3.28. The summed E-state index contributed by atoms with van der Waals surface area (Å²) in [4.78, 5) is 22.5. The van der Waals surface area contributed by atoms with Gasteiger partial charge in [0.05, 0.1) is 11.1 Å². The van der Waals surface area contributed by atoms with Gasteiger partial charge in [0, 0.05) is 6.54 Å². The third-order valence-electron chi connectivity index (χ3n) is 2.75. The lowest BCUT2D eigenvalue weighted by molar-refractivity contribution is 0.629. The monoisotopic (exact) mass is 217 g/mol. The maximum absolute atomic E-state index is 11.7. The lowest BCUT2D eigenvalue weighted by atomic mass is 10.1. The van der Waals surface area contributed by atoms with Crippen LogP contribution >= 0.6 is 0 Å². The molecule has 0 saturated heterocycles. The Labute approximate surface area is 90.9 Å². The number of hydrogen-bond acceptors (Lipinski definition) is 5. The molecule has 82 valence electrons. The summed E-state index contributed by atoms with van der Waals surface area (Å²) < 4.78 is 0. The van der Waals surface area contributed by atoms with E-state index in [9.17, 15) is 4.79 Å². The predicted molar refractivity (Wildman–Crippen MR) is 60.0 cm³/mol. The molecule has 4 N–H and O–H groups in total. The maximum atomic E-state index is 11.7. The van der Waals surface area contributed by atoms with Gasteiger partial charge >= 0.3 is 0 Å². The first kappa shape index (κ1) is 9.29. The van der Waals surface area contributed by atoms with Crippen molar-refractivity contribution in [3.8, 4) is 0 Å². The molecule has 0 bridgehead atoms. The van der Waals surface area contributed by atoms with Gasteiger partial charge in [-0.15, -0.1) is 0 Å². The van der Waals surface area contributed by atoms with Crippen molar-refractivity contribution in [2.75, 3.05) is 12.3 Å². The van der Waals surface area contributed by atoms with Crippen LogP contribution in [0.1, 0.15) is 11.3 Å². The Kier molecular flexibility index (Phi) is 1.90. The van der Waals surface area contributed by atoms with Gasteiger partial charge in [-0.2, -0.15) is 4.98 Å². The Morgan fingerprint density at radius 2 is 2.25 bits per heavy atom. The molecule has 0 aliphatic carbocycles. The molecule has 2 aromatic heterocycles. The third kappa shape index (κ3) is 1.35. The van der Waals surface area contributed by atoms with Crippen molar-refractivity contribution in [2.24, 2.45) is 0 Å². The average molecular weight is 217 g/mol. The first-order valence-electron chi connectivity index (χ1n) is 5.13. The van der Waals surface area contributed by atoms with E-state index >= 15 is 0 Å². The van der Waals surface area contributed by atoms with E-state index in [0.29, 0.717) is 11.0 Å². The molecule has 1 aliphatic rings. The Hall–Kier alpha value is -1.95. The summed E-state index contributed by atoms with van der Waals surface area (Å²) in [5.41, 5.74) is 7.74. The molecule has 6 nitrogen and oxygen atoms in total. The van der Waals surface area contributed by atoms with Crippen LogP contribution in [0.15, 0.2) is 10.9 Å². The van der Waals surface area contributed by atoms with Crippen LogP contribution < -0.4 is 16.6 Å². The number of nitrogen functional groups attached to an aromatic ring is 1. The van der Waals surface area contributed by atoms with Crippen LogP contribution in [0.25, 0.3) is 11.0 Å². The van der Waals surface area contributed by atoms with Crippen LogP contribution in [0.4, 0.5) is 5.95 Å². The number of hydrogen-bond donors (Lipinski definition) is 3. The summed E-state index contributed by atoms with van der Waals surface area (Å²) in [6.07, 6.45) is 0.891. The number of nitrogens with two attached hydrogens (primary N) is 1. The highest BCUT2D eigenvalue weighted by Crippen LogP contribution is 2.15. The molecular formula is C10H11N5O. The molecule has 0 spiro atoms. The first-order chi connectivity index (χ1) is 7.74. The van der Waals surface area contributed by atoms with Crippen LogP contribution in [-0.2, 0) is 13.0 Å². The highest BCUT2D eigenvalue weighted by Gasteiger charge is 2.13. The number of anilines is 1. The van der Waals surface area contributed by atoms with Crippen molar-refractivity contribution < 1.29 is 0 Å². The van der Waals surface area contributed by atoms with E-state index in [1.54, 1.807) is 0 Å². The van der Waals surface area contributed by atoms with Gasteiger partial charge in [0.1, 0.15) is 0 Å². The lowest BCUT2D eigenvalue weighted by Gasteiger charge is -2.15. The van der Waals surface area contributed by atoms with Crippen LogP contribution in [0.5, 0.6) is 0 Å². The molecule has 0 amide bonds. The largest absolute Gasteiger partial charge is 0.369 e. The standard InChI is InChI=1S/C10H11N5O/c11-10-14-8-6(9(16)15-10)3-5-1-2-12-4-7(5)13-8/h3,12H,1-2,4H2,(H3,11,13,14,15,16). The molecule has 2 aromatic rings. The lowest BCUT2D eigenvalue weighted by Crippen LogP contribution is -2.25. The van der Waals surface area contributed by atoms with Gasteiger partial charge in [-0.3, -0.25) is 9.78 Å². The van der Waals surface area contributed by atoms with E-state index in [2.05, 4.69) is 20.3 Å². The SMILES string of the molecule is Nc1nc2nc3c(cc2c(=O)[nH]1)CCNC3. The van der Waals surface area contributed by atoms with E-state index < -0.39 is 0 Å². The molecule has 0 saturated carbocycles. The summed E-state index contributed by atoms with van der Waals surface area (Å²) in [5.74, 6) is 0.105. The van der Waals surface area contributed by atoms with Crippen LogP contribution in [-0.4, -0.2) is 21.5 Å². The van der Waals surface area contributed by atoms with Gasteiger partial charge in [-0.1, -0.05) is 0 Å². The van der Waals surface area contributed by atoms with Crippen LogP contribution in [0, 0.1) is 0 Å². The Balaban J connectivity index is 2.35. The fourth-order valence-corrected chi connectivity index (χ4v) is 1.96. The molecular weight excluding hydrogens is 206 g/mol. The summed E-state index contributed by atoms with van der Waals surface area (Å²) in [7, 11) is 0. The molecule has 1 aliphatic heterocycles. The molecule has 3 heterocycles. The fraction of sp³-hybridized carbons (Fsp3) is 0.300. The van der Waals surface area contributed by atoms with E-state index in [0.717, 1.165) is 30.8 Å². The number of nitrogens with one attached hydrogen (secondary N) is 2. The van der Waals surface area contributed by atoms with Gasteiger partial charge in [-0.05, 0) is 24.6 Å². The Bertz CT molecular complexity index is 618. The molecule has 6 heteroatoms. The maximum Gasteiger partial charge on any atom is 0.261 e. The second-order valence-corrected chi connectivity index (χ2v) is 3.84. The zero-order chi connectivity index (χ0) is 11.1. The van der Waals surface area contributed by atoms with Crippen molar-refractivity contribution in [1.29, 1.82) is 0 Å². The molecule has 16 heavy (non-hydrogen) atoms. The van der Waals surface area contributed by atoms with Gasteiger partial charge in [0.25, 0.3) is 5.56 Å². The Morgan fingerprint density at radius 3 is 3.12 bits per heavy atom. The molecule has 0 unspecified atom stereocenters. The molecule has 3 rings (SSSR count). The zero-order valence-electron chi connectivity index (χ0n) is 8.58. The quantitative estimate of drug-likeness (QED) is 0.555. The summed E-state index contributed by atoms with van der Waals surface area (Å²) in [6.45, 7) is 1.64. The molecule has 0 aromatic carbocycles. The first-order valence-corrected chi connectivity index (χ1v) is 5.13. The number of aromatic amines is 1.